The number of hydrogen-bond donors (Lipinski definition) is 1. The van der Waals surface area contributed by atoms with Crippen molar-refractivity contribution in [3.8, 4) is 17.0 Å². The van der Waals surface area contributed by atoms with Crippen molar-refractivity contribution in [2.75, 3.05) is 7.11 Å². The SMILES string of the molecule is C=CCn1c(=S)[nH]c(=O)c2c(C(F)F)cc(-c3ccc(OC)cc3)nc21. The second kappa shape index (κ2) is 7.17. The maximum Gasteiger partial charge on any atom is 0.264 e. The van der Waals surface area contributed by atoms with Crippen LogP contribution in [0.5, 0.6) is 5.75 Å². The summed E-state index contributed by atoms with van der Waals surface area (Å²) in [5, 5.41) is -0.173. The first-order chi connectivity index (χ1) is 12.5. The predicted molar refractivity (Wildman–Crippen MR) is 98.3 cm³/mol. The lowest BCUT2D eigenvalue weighted by Gasteiger charge is -2.13. The number of pyridine rings is 1. The zero-order valence-corrected chi connectivity index (χ0v) is 14.6. The molecule has 0 unspecified atom stereocenters. The Labute approximate surface area is 152 Å². The highest BCUT2D eigenvalue weighted by Gasteiger charge is 2.20. The Hall–Kier alpha value is -2.87. The number of hydrogen-bond acceptors (Lipinski definition) is 4. The monoisotopic (exact) mass is 375 g/mol. The molecule has 26 heavy (non-hydrogen) atoms. The Morgan fingerprint density at radius 2 is 2.08 bits per heavy atom. The highest BCUT2D eigenvalue weighted by molar-refractivity contribution is 7.71. The van der Waals surface area contributed by atoms with Crippen molar-refractivity contribution in [2.45, 2.75) is 13.0 Å². The van der Waals surface area contributed by atoms with Crippen molar-refractivity contribution in [3.63, 3.8) is 0 Å². The zero-order valence-electron chi connectivity index (χ0n) is 13.8. The van der Waals surface area contributed by atoms with Crippen molar-refractivity contribution < 1.29 is 13.5 Å². The van der Waals surface area contributed by atoms with E-state index < -0.39 is 17.5 Å². The molecule has 3 aromatic rings. The Kier molecular flexibility index (Phi) is 4.94. The van der Waals surface area contributed by atoms with E-state index in [0.717, 1.165) is 0 Å². The summed E-state index contributed by atoms with van der Waals surface area (Å²) in [5.41, 5.74) is -0.0502. The molecule has 0 atom stereocenters. The summed E-state index contributed by atoms with van der Waals surface area (Å²) in [4.78, 5) is 19.1. The Balaban J connectivity index is 2.38. The number of nitrogens with zero attached hydrogens (tertiary/aromatic N) is 2. The minimum atomic E-state index is -2.84. The molecule has 8 heteroatoms. The Morgan fingerprint density at radius 1 is 1.38 bits per heavy atom. The molecular weight excluding hydrogens is 360 g/mol. The smallest absolute Gasteiger partial charge is 0.264 e. The zero-order chi connectivity index (χ0) is 18.8. The van der Waals surface area contributed by atoms with Crippen LogP contribution in [-0.2, 0) is 6.54 Å². The molecule has 0 aliphatic heterocycles. The van der Waals surface area contributed by atoms with Gasteiger partial charge in [0, 0.05) is 17.7 Å². The topological polar surface area (TPSA) is 59.9 Å². The van der Waals surface area contributed by atoms with Crippen LogP contribution in [0.4, 0.5) is 8.78 Å². The van der Waals surface area contributed by atoms with E-state index in [-0.39, 0.29) is 22.3 Å². The molecule has 1 aromatic carbocycles. The van der Waals surface area contributed by atoms with Crippen molar-refractivity contribution in [1.82, 2.24) is 14.5 Å². The normalized spacial score (nSPS) is 11.1. The van der Waals surface area contributed by atoms with Crippen LogP contribution < -0.4 is 10.3 Å². The molecule has 0 saturated heterocycles. The highest BCUT2D eigenvalue weighted by atomic mass is 32.1. The molecule has 0 amide bonds. The molecule has 0 aliphatic carbocycles. The fourth-order valence-electron chi connectivity index (χ4n) is 2.68. The van der Waals surface area contributed by atoms with Crippen LogP contribution in [0.3, 0.4) is 0 Å². The Bertz CT molecular complexity index is 1090. The summed E-state index contributed by atoms with van der Waals surface area (Å²) in [6.45, 7) is 3.86. The minimum absolute atomic E-state index is 0.0991. The van der Waals surface area contributed by atoms with Crippen LogP contribution in [0.2, 0.25) is 0 Å². The molecule has 3 rings (SSSR count). The van der Waals surface area contributed by atoms with Gasteiger partial charge in [0.05, 0.1) is 18.2 Å². The highest BCUT2D eigenvalue weighted by Crippen LogP contribution is 2.30. The summed E-state index contributed by atoms with van der Waals surface area (Å²) in [5.74, 6) is 0.634. The number of fused-ring (bicyclic) bond motifs is 1. The van der Waals surface area contributed by atoms with Gasteiger partial charge in [-0.1, -0.05) is 6.08 Å². The van der Waals surface area contributed by atoms with Gasteiger partial charge in [0.2, 0.25) is 0 Å². The van der Waals surface area contributed by atoms with Crippen molar-refractivity contribution >= 4 is 23.3 Å². The van der Waals surface area contributed by atoms with Gasteiger partial charge in [-0.05, 0) is 42.5 Å². The second-order valence-electron chi connectivity index (χ2n) is 5.48. The molecule has 1 N–H and O–H groups in total. The van der Waals surface area contributed by atoms with Crippen molar-refractivity contribution in [3.05, 3.63) is 63.7 Å². The number of halogens is 2. The van der Waals surface area contributed by atoms with Gasteiger partial charge in [0.15, 0.2) is 4.77 Å². The second-order valence-corrected chi connectivity index (χ2v) is 5.87. The van der Waals surface area contributed by atoms with Crippen molar-refractivity contribution in [2.24, 2.45) is 0 Å². The molecule has 0 radical (unpaired) electrons. The molecule has 2 aromatic heterocycles. The quantitative estimate of drug-likeness (QED) is 0.535. The fraction of sp³-hybridized carbons (Fsp3) is 0.167. The van der Waals surface area contributed by atoms with Crippen LogP contribution in [0, 0.1) is 4.77 Å². The van der Waals surface area contributed by atoms with Gasteiger partial charge in [-0.25, -0.2) is 13.8 Å². The molecule has 5 nitrogen and oxygen atoms in total. The van der Waals surface area contributed by atoms with Gasteiger partial charge < -0.3 is 4.74 Å². The third kappa shape index (κ3) is 3.15. The Morgan fingerprint density at radius 3 is 2.65 bits per heavy atom. The third-order valence-corrected chi connectivity index (χ3v) is 4.23. The van der Waals surface area contributed by atoms with Gasteiger partial charge in [-0.2, -0.15) is 0 Å². The van der Waals surface area contributed by atoms with Crippen LogP contribution >= 0.6 is 12.2 Å². The number of aromatic amines is 1. The number of methoxy groups -OCH3 is 1. The number of nitrogens with one attached hydrogen (secondary N) is 1. The molecule has 0 bridgehead atoms. The summed E-state index contributed by atoms with van der Waals surface area (Å²) >= 11 is 5.15. The van der Waals surface area contributed by atoms with E-state index in [1.165, 1.54) is 17.7 Å². The van der Waals surface area contributed by atoms with Crippen LogP contribution in [0.25, 0.3) is 22.3 Å². The number of benzene rings is 1. The first kappa shape index (κ1) is 17.9. The maximum absolute atomic E-state index is 13.7. The maximum atomic E-state index is 13.7. The van der Waals surface area contributed by atoms with E-state index in [1.54, 1.807) is 30.3 Å². The van der Waals surface area contributed by atoms with Crippen LogP contribution in [-0.4, -0.2) is 21.6 Å². The number of alkyl halides is 2. The first-order valence-corrected chi connectivity index (χ1v) is 8.08. The summed E-state index contributed by atoms with van der Waals surface area (Å²) < 4.78 is 34.0. The van der Waals surface area contributed by atoms with Crippen molar-refractivity contribution in [1.29, 1.82) is 0 Å². The summed E-state index contributed by atoms with van der Waals surface area (Å²) in [7, 11) is 1.54. The van der Waals surface area contributed by atoms with Gasteiger partial charge in [-0.15, -0.1) is 6.58 Å². The molecule has 0 spiro atoms. The first-order valence-electron chi connectivity index (χ1n) is 7.67. The average molecular weight is 375 g/mol. The van der Waals surface area contributed by atoms with Crippen LogP contribution in [0.1, 0.15) is 12.0 Å². The van der Waals surface area contributed by atoms with Gasteiger partial charge >= 0.3 is 0 Å². The van der Waals surface area contributed by atoms with Gasteiger partial charge in [0.1, 0.15) is 11.4 Å². The van der Waals surface area contributed by atoms with E-state index in [1.807, 2.05) is 0 Å². The van der Waals surface area contributed by atoms with E-state index in [0.29, 0.717) is 17.0 Å². The number of H-pyrrole nitrogens is 1. The van der Waals surface area contributed by atoms with E-state index in [2.05, 4.69) is 16.5 Å². The minimum Gasteiger partial charge on any atom is -0.497 e. The molecule has 2 heterocycles. The molecular formula is C18H15F2N3O2S. The van der Waals surface area contributed by atoms with E-state index >= 15 is 0 Å². The van der Waals surface area contributed by atoms with E-state index in [4.69, 9.17) is 17.0 Å². The lowest BCUT2D eigenvalue weighted by atomic mass is 10.1. The van der Waals surface area contributed by atoms with E-state index in [9.17, 15) is 13.6 Å². The third-order valence-electron chi connectivity index (χ3n) is 3.91. The van der Waals surface area contributed by atoms with Gasteiger partial charge in [0.25, 0.3) is 12.0 Å². The fourth-order valence-corrected chi connectivity index (χ4v) is 2.94. The molecule has 134 valence electrons. The lowest BCUT2D eigenvalue weighted by Crippen LogP contribution is -2.17. The standard InChI is InChI=1S/C18H15F2N3O2S/c1-3-8-23-16-14(17(24)22-18(23)26)12(15(19)20)9-13(21-16)10-4-6-11(25-2)7-5-10/h3-7,9,15H,1,8H2,2H3,(H,22,24,26). The lowest BCUT2D eigenvalue weighted by molar-refractivity contribution is 0.153. The number of ether oxygens (including phenoxy) is 1. The molecule has 0 saturated carbocycles. The molecule has 0 aliphatic rings. The number of allylic oxidation sites excluding steroid dienone is 1. The predicted octanol–water partition coefficient (Wildman–Crippen LogP) is 4.25. The number of rotatable bonds is 5. The summed E-state index contributed by atoms with van der Waals surface area (Å²) in [6.07, 6.45) is -1.29. The largest absolute Gasteiger partial charge is 0.497 e. The van der Waals surface area contributed by atoms with Gasteiger partial charge in [-0.3, -0.25) is 14.3 Å². The van der Waals surface area contributed by atoms with Crippen LogP contribution in [0.15, 0.2) is 47.8 Å². The number of aromatic nitrogens is 3. The molecule has 0 fully saturated rings. The average Bonchev–Trinajstić information content (AvgIpc) is 2.64. The summed E-state index contributed by atoms with van der Waals surface area (Å²) in [6, 6.07) is 8.06.